The van der Waals surface area contributed by atoms with Crippen LogP contribution in [-0.2, 0) is 9.53 Å². The summed E-state index contributed by atoms with van der Waals surface area (Å²) < 4.78 is 5.86. The summed E-state index contributed by atoms with van der Waals surface area (Å²) in [4.78, 5) is 14.9. The monoisotopic (exact) mass is 277 g/mol. The van der Waals surface area contributed by atoms with Crippen molar-refractivity contribution in [1.82, 2.24) is 4.90 Å². The molecule has 7 atom stereocenters. The zero-order valence-electron chi connectivity index (χ0n) is 12.8. The Kier molecular flexibility index (Phi) is 3.10. The van der Waals surface area contributed by atoms with Gasteiger partial charge in [-0.05, 0) is 50.6 Å². The number of rotatable bonds is 1. The van der Waals surface area contributed by atoms with E-state index in [9.17, 15) is 4.79 Å². The maximum absolute atomic E-state index is 12.1. The van der Waals surface area contributed by atoms with Crippen LogP contribution in [0.3, 0.4) is 0 Å². The number of hydrogen-bond donors (Lipinski definition) is 0. The van der Waals surface area contributed by atoms with Crippen LogP contribution < -0.4 is 0 Å². The van der Waals surface area contributed by atoms with E-state index in [0.717, 1.165) is 12.0 Å². The van der Waals surface area contributed by atoms with E-state index in [1.807, 2.05) is 0 Å². The summed E-state index contributed by atoms with van der Waals surface area (Å²) in [5, 5.41) is 0. The van der Waals surface area contributed by atoms with Crippen molar-refractivity contribution in [2.45, 2.75) is 58.1 Å². The van der Waals surface area contributed by atoms with E-state index in [1.165, 1.54) is 45.2 Å². The molecule has 3 heteroatoms. The Balaban J connectivity index is 1.74. The molecule has 0 bridgehead atoms. The second-order valence-corrected chi connectivity index (χ2v) is 7.48. The first-order valence-electron chi connectivity index (χ1n) is 8.67. The van der Waals surface area contributed by atoms with Gasteiger partial charge < -0.3 is 4.74 Å². The first-order chi connectivity index (χ1) is 9.72. The lowest BCUT2D eigenvalue weighted by atomic mass is 9.60. The summed E-state index contributed by atoms with van der Waals surface area (Å²) in [6.07, 6.45) is 6.77. The first-order valence-corrected chi connectivity index (χ1v) is 8.67. The third-order valence-corrected chi connectivity index (χ3v) is 6.80. The quantitative estimate of drug-likeness (QED) is 0.690. The molecule has 0 aromatic heterocycles. The van der Waals surface area contributed by atoms with E-state index in [0.29, 0.717) is 17.8 Å². The highest BCUT2D eigenvalue weighted by Crippen LogP contribution is 2.55. The SMILES string of the molecule is CC[C@@H]1[C@H]2CCCCN3CC[C@@H]([C@H]4[C@@H]1OC(=O)[C@H]4C)[C@@H]23. The molecule has 4 rings (SSSR count). The normalized spacial score (nSPS) is 51.3. The van der Waals surface area contributed by atoms with Crippen LogP contribution >= 0.6 is 0 Å². The molecule has 0 N–H and O–H groups in total. The molecule has 0 amide bonds. The highest BCUT2D eigenvalue weighted by molar-refractivity contribution is 5.75. The Bertz CT molecular complexity index is 410. The number of nitrogens with zero attached hydrogens (tertiary/aromatic N) is 1. The molecule has 3 heterocycles. The smallest absolute Gasteiger partial charge is 0.309 e. The Morgan fingerprint density at radius 2 is 2.05 bits per heavy atom. The van der Waals surface area contributed by atoms with Crippen molar-refractivity contribution in [2.24, 2.45) is 29.6 Å². The zero-order valence-corrected chi connectivity index (χ0v) is 12.8. The Labute approximate surface area is 122 Å². The summed E-state index contributed by atoms with van der Waals surface area (Å²) in [7, 11) is 0. The van der Waals surface area contributed by atoms with Gasteiger partial charge >= 0.3 is 5.97 Å². The second-order valence-electron chi connectivity index (χ2n) is 7.48. The van der Waals surface area contributed by atoms with E-state index in [1.54, 1.807) is 0 Å². The first kappa shape index (κ1) is 13.1. The van der Waals surface area contributed by atoms with Gasteiger partial charge in [-0.3, -0.25) is 9.69 Å². The van der Waals surface area contributed by atoms with Gasteiger partial charge in [0, 0.05) is 17.9 Å². The molecule has 1 aliphatic carbocycles. The number of fused-ring (bicyclic) bond motifs is 2. The molecule has 0 unspecified atom stereocenters. The van der Waals surface area contributed by atoms with Crippen molar-refractivity contribution in [3.05, 3.63) is 0 Å². The molecule has 4 aliphatic rings. The van der Waals surface area contributed by atoms with Crippen molar-refractivity contribution in [3.8, 4) is 0 Å². The van der Waals surface area contributed by atoms with Crippen LogP contribution in [0.5, 0.6) is 0 Å². The maximum atomic E-state index is 12.1. The average Bonchev–Trinajstić information content (AvgIpc) is 2.89. The Morgan fingerprint density at radius 3 is 2.85 bits per heavy atom. The van der Waals surface area contributed by atoms with E-state index in [2.05, 4.69) is 18.7 Å². The third-order valence-electron chi connectivity index (χ3n) is 6.80. The fraction of sp³-hybridized carbons (Fsp3) is 0.941. The molecule has 4 fully saturated rings. The van der Waals surface area contributed by atoms with Crippen LogP contribution in [0.15, 0.2) is 0 Å². The van der Waals surface area contributed by atoms with Gasteiger partial charge in [-0.1, -0.05) is 20.3 Å². The number of esters is 1. The molecule has 0 aromatic rings. The minimum Gasteiger partial charge on any atom is -0.462 e. The summed E-state index contributed by atoms with van der Waals surface area (Å²) in [6.45, 7) is 6.95. The summed E-state index contributed by atoms with van der Waals surface area (Å²) >= 11 is 0. The Morgan fingerprint density at radius 1 is 1.20 bits per heavy atom. The lowest BCUT2D eigenvalue weighted by Crippen LogP contribution is -2.53. The van der Waals surface area contributed by atoms with Gasteiger partial charge in [-0.25, -0.2) is 0 Å². The molecular formula is C17H27NO2. The van der Waals surface area contributed by atoms with Crippen molar-refractivity contribution >= 4 is 5.97 Å². The summed E-state index contributed by atoms with van der Waals surface area (Å²) in [6, 6.07) is 0.751. The van der Waals surface area contributed by atoms with Gasteiger partial charge in [-0.15, -0.1) is 0 Å². The standard InChI is InChI=1S/C17H27NO2/c1-3-11-12-6-4-5-8-18-9-7-13(15(12)18)14-10(2)17(19)20-16(11)14/h10-16H,3-9H2,1-2H3/t10-,11+,12+,13-,14-,15+,16+/m0/s1. The van der Waals surface area contributed by atoms with Gasteiger partial charge in [0.25, 0.3) is 0 Å². The molecule has 1 saturated carbocycles. The fourth-order valence-electron chi connectivity index (χ4n) is 6.04. The van der Waals surface area contributed by atoms with Crippen molar-refractivity contribution in [3.63, 3.8) is 0 Å². The van der Waals surface area contributed by atoms with Crippen LogP contribution in [-0.4, -0.2) is 36.1 Å². The van der Waals surface area contributed by atoms with Gasteiger partial charge in [0.15, 0.2) is 0 Å². The number of hydrogen-bond acceptors (Lipinski definition) is 3. The molecule has 112 valence electrons. The van der Waals surface area contributed by atoms with E-state index in [-0.39, 0.29) is 18.0 Å². The predicted octanol–water partition coefficient (Wildman–Crippen LogP) is 2.69. The van der Waals surface area contributed by atoms with Crippen molar-refractivity contribution in [1.29, 1.82) is 0 Å². The molecule has 0 spiro atoms. The van der Waals surface area contributed by atoms with Crippen LogP contribution in [0.4, 0.5) is 0 Å². The van der Waals surface area contributed by atoms with Crippen LogP contribution in [0.1, 0.15) is 46.0 Å². The highest BCUT2D eigenvalue weighted by Gasteiger charge is 2.60. The number of ether oxygens (including phenoxy) is 1. The van der Waals surface area contributed by atoms with Crippen molar-refractivity contribution < 1.29 is 9.53 Å². The summed E-state index contributed by atoms with van der Waals surface area (Å²) in [5.74, 6) is 2.80. The number of carbonyl (C=O) groups excluding carboxylic acids is 1. The number of carbonyl (C=O) groups is 1. The maximum Gasteiger partial charge on any atom is 0.309 e. The van der Waals surface area contributed by atoms with E-state index in [4.69, 9.17) is 4.74 Å². The predicted molar refractivity (Wildman–Crippen MR) is 77.1 cm³/mol. The molecule has 3 aliphatic heterocycles. The fourth-order valence-corrected chi connectivity index (χ4v) is 6.04. The summed E-state index contributed by atoms with van der Waals surface area (Å²) in [5.41, 5.74) is 0. The Hall–Kier alpha value is -0.570. The molecule has 3 nitrogen and oxygen atoms in total. The molecular weight excluding hydrogens is 250 g/mol. The van der Waals surface area contributed by atoms with E-state index < -0.39 is 0 Å². The van der Waals surface area contributed by atoms with E-state index >= 15 is 0 Å². The third kappa shape index (κ3) is 1.65. The topological polar surface area (TPSA) is 29.5 Å². The second kappa shape index (κ2) is 4.72. The van der Waals surface area contributed by atoms with Crippen molar-refractivity contribution in [2.75, 3.05) is 13.1 Å². The van der Waals surface area contributed by atoms with Gasteiger partial charge in [0.2, 0.25) is 0 Å². The van der Waals surface area contributed by atoms with Gasteiger partial charge in [0.1, 0.15) is 6.10 Å². The molecule has 0 aromatic carbocycles. The van der Waals surface area contributed by atoms with Crippen LogP contribution in [0.25, 0.3) is 0 Å². The van der Waals surface area contributed by atoms with Gasteiger partial charge in [0.05, 0.1) is 5.92 Å². The van der Waals surface area contributed by atoms with Gasteiger partial charge in [-0.2, -0.15) is 0 Å². The molecule has 20 heavy (non-hydrogen) atoms. The highest BCUT2D eigenvalue weighted by atomic mass is 16.6. The molecule has 0 radical (unpaired) electrons. The van der Waals surface area contributed by atoms with Crippen LogP contribution in [0, 0.1) is 29.6 Å². The largest absolute Gasteiger partial charge is 0.462 e. The minimum absolute atomic E-state index is 0.0772. The van der Waals surface area contributed by atoms with Crippen LogP contribution in [0.2, 0.25) is 0 Å². The lowest BCUT2D eigenvalue weighted by molar-refractivity contribution is -0.148. The lowest BCUT2D eigenvalue weighted by Gasteiger charge is -2.48. The minimum atomic E-state index is 0.0772. The molecule has 3 saturated heterocycles. The average molecular weight is 277 g/mol. The zero-order chi connectivity index (χ0) is 13.9.